The van der Waals surface area contributed by atoms with Crippen LogP contribution >= 0.6 is 0 Å². The fourth-order valence-electron chi connectivity index (χ4n) is 2.53. The average molecular weight is 356 g/mol. The summed E-state index contributed by atoms with van der Waals surface area (Å²) in [5, 5.41) is 15.9. The van der Waals surface area contributed by atoms with Crippen LogP contribution < -0.4 is 15.4 Å². The van der Waals surface area contributed by atoms with Crippen LogP contribution in [0.2, 0.25) is 0 Å². The third-order valence-corrected chi connectivity index (χ3v) is 3.99. The fourth-order valence-corrected chi connectivity index (χ4v) is 2.53. The van der Waals surface area contributed by atoms with Crippen LogP contribution in [0.15, 0.2) is 36.4 Å². The molecule has 3 N–H and O–H groups in total. The van der Waals surface area contributed by atoms with Crippen molar-refractivity contribution in [2.24, 2.45) is 0 Å². The van der Waals surface area contributed by atoms with E-state index < -0.39 is 0 Å². The molecule has 0 saturated heterocycles. The van der Waals surface area contributed by atoms with Crippen molar-refractivity contribution < 1.29 is 19.4 Å². The molecule has 0 spiro atoms. The van der Waals surface area contributed by atoms with Crippen molar-refractivity contribution in [1.82, 2.24) is 5.32 Å². The Bertz CT molecular complexity index is 802. The summed E-state index contributed by atoms with van der Waals surface area (Å²) in [6.45, 7) is 3.70. The van der Waals surface area contributed by atoms with Crippen molar-refractivity contribution in [2.45, 2.75) is 26.7 Å². The summed E-state index contributed by atoms with van der Waals surface area (Å²) in [6.07, 6.45) is 1.00. The van der Waals surface area contributed by atoms with E-state index in [0.717, 1.165) is 12.0 Å². The number of Topliss-reactive ketones (excluding diaryl/α,β-unsaturated/α-hetero) is 1. The van der Waals surface area contributed by atoms with E-state index in [1.54, 1.807) is 24.3 Å². The average Bonchev–Trinajstić information content (AvgIpc) is 2.63. The molecule has 0 aliphatic rings. The van der Waals surface area contributed by atoms with Crippen molar-refractivity contribution in [2.75, 3.05) is 19.0 Å². The number of ketones is 1. The van der Waals surface area contributed by atoms with Crippen LogP contribution in [-0.4, -0.2) is 30.5 Å². The number of anilines is 2. The topological polar surface area (TPSA) is 87.7 Å². The molecule has 2 aromatic carbocycles. The minimum atomic E-state index is -0.178. The molecule has 0 aliphatic heterocycles. The third-order valence-electron chi connectivity index (χ3n) is 3.99. The highest BCUT2D eigenvalue weighted by molar-refractivity contribution is 6.02. The van der Waals surface area contributed by atoms with E-state index in [4.69, 9.17) is 4.74 Å². The Morgan fingerprint density at radius 3 is 2.54 bits per heavy atom. The van der Waals surface area contributed by atoms with Gasteiger partial charge in [0, 0.05) is 31.1 Å². The van der Waals surface area contributed by atoms with E-state index in [0.29, 0.717) is 22.7 Å². The highest BCUT2D eigenvalue weighted by Crippen LogP contribution is 2.31. The number of ether oxygens (including phenoxy) is 1. The lowest BCUT2D eigenvalue weighted by Crippen LogP contribution is -2.23. The van der Waals surface area contributed by atoms with E-state index in [1.165, 1.54) is 14.0 Å². The number of nitrogens with one attached hydrogen (secondary N) is 2. The minimum Gasteiger partial charge on any atom is -0.506 e. The molecule has 0 bridgehead atoms. The van der Waals surface area contributed by atoms with Crippen LogP contribution in [0.25, 0.3) is 0 Å². The van der Waals surface area contributed by atoms with Gasteiger partial charge in [-0.25, -0.2) is 0 Å². The van der Waals surface area contributed by atoms with Crippen LogP contribution in [0.3, 0.4) is 0 Å². The molecule has 2 aromatic rings. The molecule has 0 fully saturated rings. The zero-order valence-electron chi connectivity index (χ0n) is 15.3. The molecule has 6 heteroatoms. The van der Waals surface area contributed by atoms with Gasteiger partial charge in [0.2, 0.25) is 5.91 Å². The zero-order valence-corrected chi connectivity index (χ0v) is 15.3. The molecule has 0 heterocycles. The van der Waals surface area contributed by atoms with E-state index in [1.807, 2.05) is 19.1 Å². The first-order valence-corrected chi connectivity index (χ1v) is 8.49. The molecule has 0 aromatic heterocycles. The molecule has 1 amide bonds. The summed E-state index contributed by atoms with van der Waals surface area (Å²) >= 11 is 0. The third kappa shape index (κ3) is 4.99. The lowest BCUT2D eigenvalue weighted by Gasteiger charge is -2.15. The SMILES string of the molecule is CCc1ccc(O)c(Nc2ccc(OC)cc2C(=O)CCNC(C)=O)c1. The smallest absolute Gasteiger partial charge is 0.216 e. The van der Waals surface area contributed by atoms with Gasteiger partial charge in [-0.15, -0.1) is 0 Å². The van der Waals surface area contributed by atoms with Crippen LogP contribution in [0.4, 0.5) is 11.4 Å². The standard InChI is InChI=1S/C20H24N2O4/c1-4-14-5-8-20(25)18(11-14)22-17-7-6-15(26-3)12-16(17)19(24)9-10-21-13(2)23/h5-8,11-12,22,25H,4,9-10H2,1-3H3,(H,21,23). The van der Waals surface area contributed by atoms with Gasteiger partial charge in [0.15, 0.2) is 5.78 Å². The lowest BCUT2D eigenvalue weighted by molar-refractivity contribution is -0.118. The highest BCUT2D eigenvalue weighted by Gasteiger charge is 2.14. The quantitative estimate of drug-likeness (QED) is 0.498. The molecule has 0 atom stereocenters. The maximum Gasteiger partial charge on any atom is 0.216 e. The lowest BCUT2D eigenvalue weighted by atomic mass is 10.0. The number of aryl methyl sites for hydroxylation is 1. The summed E-state index contributed by atoms with van der Waals surface area (Å²) < 4.78 is 5.21. The summed E-state index contributed by atoms with van der Waals surface area (Å²) in [5.74, 6) is 0.356. The normalized spacial score (nSPS) is 10.3. The van der Waals surface area contributed by atoms with Gasteiger partial charge in [-0.05, 0) is 42.3 Å². The number of methoxy groups -OCH3 is 1. The van der Waals surface area contributed by atoms with Gasteiger partial charge >= 0.3 is 0 Å². The minimum absolute atomic E-state index is 0.106. The second kappa shape index (κ2) is 8.89. The Kier molecular flexibility index (Phi) is 6.60. The van der Waals surface area contributed by atoms with Crippen molar-refractivity contribution in [3.63, 3.8) is 0 Å². The van der Waals surface area contributed by atoms with Crippen molar-refractivity contribution in [1.29, 1.82) is 0 Å². The summed E-state index contributed by atoms with van der Waals surface area (Å²) in [7, 11) is 1.53. The van der Waals surface area contributed by atoms with Crippen LogP contribution in [-0.2, 0) is 11.2 Å². The largest absolute Gasteiger partial charge is 0.506 e. The maximum absolute atomic E-state index is 12.6. The number of phenolic OH excluding ortho intramolecular Hbond substituents is 1. The van der Waals surface area contributed by atoms with E-state index in [2.05, 4.69) is 10.6 Å². The molecule has 0 radical (unpaired) electrons. The van der Waals surface area contributed by atoms with Crippen LogP contribution in [0.5, 0.6) is 11.5 Å². The first-order chi connectivity index (χ1) is 12.4. The number of benzene rings is 2. The van der Waals surface area contributed by atoms with Crippen LogP contribution in [0.1, 0.15) is 36.2 Å². The van der Waals surface area contributed by atoms with Gasteiger partial charge in [0.25, 0.3) is 0 Å². The molecule has 6 nitrogen and oxygen atoms in total. The van der Waals surface area contributed by atoms with Gasteiger partial charge in [-0.3, -0.25) is 9.59 Å². The van der Waals surface area contributed by atoms with Gasteiger partial charge in [-0.2, -0.15) is 0 Å². The molecular formula is C20H24N2O4. The van der Waals surface area contributed by atoms with E-state index in [9.17, 15) is 14.7 Å². The van der Waals surface area contributed by atoms with Crippen molar-refractivity contribution in [3.05, 3.63) is 47.5 Å². The molecule has 0 unspecified atom stereocenters. The van der Waals surface area contributed by atoms with Gasteiger partial charge < -0.3 is 20.5 Å². The Morgan fingerprint density at radius 2 is 1.88 bits per heavy atom. The number of carbonyl (C=O) groups is 2. The molecule has 26 heavy (non-hydrogen) atoms. The Morgan fingerprint density at radius 1 is 1.12 bits per heavy atom. The second-order valence-corrected chi connectivity index (χ2v) is 5.90. The van der Waals surface area contributed by atoms with Crippen LogP contribution in [0, 0.1) is 0 Å². The van der Waals surface area contributed by atoms with Gasteiger partial charge in [0.1, 0.15) is 11.5 Å². The fraction of sp³-hybridized carbons (Fsp3) is 0.300. The number of aromatic hydroxyl groups is 1. The molecule has 138 valence electrons. The predicted molar refractivity (Wildman–Crippen MR) is 101 cm³/mol. The number of amides is 1. The van der Waals surface area contributed by atoms with Crippen molar-refractivity contribution >= 4 is 23.1 Å². The number of hydrogen-bond donors (Lipinski definition) is 3. The first-order valence-electron chi connectivity index (χ1n) is 8.49. The second-order valence-electron chi connectivity index (χ2n) is 5.90. The Labute approximate surface area is 153 Å². The molecular weight excluding hydrogens is 332 g/mol. The Balaban J connectivity index is 2.30. The van der Waals surface area contributed by atoms with E-state index in [-0.39, 0.29) is 30.4 Å². The predicted octanol–water partition coefficient (Wildman–Crippen LogP) is 3.42. The summed E-state index contributed by atoms with van der Waals surface area (Å²) in [6, 6.07) is 10.5. The highest BCUT2D eigenvalue weighted by atomic mass is 16.5. The van der Waals surface area contributed by atoms with Gasteiger partial charge in [0.05, 0.1) is 12.8 Å². The zero-order chi connectivity index (χ0) is 19.1. The molecule has 2 rings (SSSR count). The van der Waals surface area contributed by atoms with Crippen molar-refractivity contribution in [3.8, 4) is 11.5 Å². The number of hydrogen-bond acceptors (Lipinski definition) is 5. The monoisotopic (exact) mass is 356 g/mol. The van der Waals surface area contributed by atoms with Gasteiger partial charge in [-0.1, -0.05) is 13.0 Å². The Hall–Kier alpha value is -3.02. The van der Waals surface area contributed by atoms with E-state index >= 15 is 0 Å². The number of phenols is 1. The summed E-state index contributed by atoms with van der Waals surface area (Å²) in [4.78, 5) is 23.6. The molecule has 0 aliphatic carbocycles. The molecule has 0 saturated carbocycles. The summed E-state index contributed by atoms with van der Waals surface area (Å²) in [5.41, 5.74) is 2.61. The maximum atomic E-state index is 12.6. The number of rotatable bonds is 8. The first kappa shape index (κ1) is 19.3. The number of carbonyl (C=O) groups excluding carboxylic acids is 2.